The van der Waals surface area contributed by atoms with Crippen molar-refractivity contribution in [3.05, 3.63) is 24.4 Å². The van der Waals surface area contributed by atoms with Gasteiger partial charge in [0.05, 0.1) is 39.3 Å². The second kappa shape index (κ2) is 7.10. The lowest BCUT2D eigenvalue weighted by Gasteiger charge is -2.27. The number of aromatic nitrogens is 3. The summed E-state index contributed by atoms with van der Waals surface area (Å²) in [4.78, 5) is 6.63. The Labute approximate surface area is 134 Å². The molecule has 1 saturated heterocycles. The molecule has 0 spiro atoms. The number of nitrogens with zero attached hydrogens (tertiary/aromatic N) is 4. The van der Waals surface area contributed by atoms with Gasteiger partial charge in [-0.15, -0.1) is 5.10 Å². The fourth-order valence-electron chi connectivity index (χ4n) is 2.32. The highest BCUT2D eigenvalue weighted by atomic mass is 16.5. The molecule has 1 aromatic heterocycles. The predicted molar refractivity (Wildman–Crippen MR) is 85.7 cm³/mol. The van der Waals surface area contributed by atoms with Crippen LogP contribution in [0.2, 0.25) is 0 Å². The molecule has 1 fully saturated rings. The Morgan fingerprint density at radius 2 is 2.00 bits per heavy atom. The van der Waals surface area contributed by atoms with Crippen LogP contribution in [-0.2, 0) is 4.74 Å². The minimum absolute atomic E-state index is 0.403. The Kier molecular flexibility index (Phi) is 4.72. The number of morpholine rings is 1. The van der Waals surface area contributed by atoms with Gasteiger partial charge in [-0.1, -0.05) is 0 Å². The molecule has 2 aromatic rings. The summed E-state index contributed by atoms with van der Waals surface area (Å²) in [5.41, 5.74) is 0.716. The van der Waals surface area contributed by atoms with Crippen molar-refractivity contribution in [3.8, 4) is 11.5 Å². The molecule has 0 saturated carbocycles. The van der Waals surface area contributed by atoms with Crippen LogP contribution >= 0.6 is 0 Å². The van der Waals surface area contributed by atoms with Crippen molar-refractivity contribution in [2.24, 2.45) is 0 Å². The van der Waals surface area contributed by atoms with Crippen molar-refractivity contribution < 1.29 is 14.2 Å². The number of benzene rings is 1. The maximum atomic E-state index is 5.35. The highest BCUT2D eigenvalue weighted by molar-refractivity contribution is 5.65. The summed E-state index contributed by atoms with van der Waals surface area (Å²) in [5, 5.41) is 11.2. The second-order valence-electron chi connectivity index (χ2n) is 4.93. The van der Waals surface area contributed by atoms with Gasteiger partial charge >= 0.3 is 0 Å². The Morgan fingerprint density at radius 1 is 1.17 bits per heavy atom. The van der Waals surface area contributed by atoms with E-state index in [0.717, 1.165) is 18.9 Å². The molecule has 8 heteroatoms. The van der Waals surface area contributed by atoms with Crippen LogP contribution in [0.3, 0.4) is 0 Å². The van der Waals surface area contributed by atoms with Crippen molar-refractivity contribution in [3.63, 3.8) is 0 Å². The first-order chi connectivity index (χ1) is 11.3. The van der Waals surface area contributed by atoms with E-state index in [-0.39, 0.29) is 0 Å². The molecule has 0 bridgehead atoms. The van der Waals surface area contributed by atoms with Crippen LogP contribution in [0.4, 0.5) is 17.5 Å². The van der Waals surface area contributed by atoms with Crippen LogP contribution in [0.25, 0.3) is 0 Å². The van der Waals surface area contributed by atoms with E-state index in [4.69, 9.17) is 14.2 Å². The average molecular weight is 317 g/mol. The molecule has 0 unspecified atom stereocenters. The highest BCUT2D eigenvalue weighted by Crippen LogP contribution is 2.30. The summed E-state index contributed by atoms with van der Waals surface area (Å²) in [5.74, 6) is 2.56. The number of nitrogens with one attached hydrogen (secondary N) is 1. The van der Waals surface area contributed by atoms with Gasteiger partial charge in [0.25, 0.3) is 0 Å². The molecule has 0 atom stereocenters. The van der Waals surface area contributed by atoms with Gasteiger partial charge in [0, 0.05) is 19.2 Å². The van der Waals surface area contributed by atoms with E-state index in [0.29, 0.717) is 36.3 Å². The zero-order valence-corrected chi connectivity index (χ0v) is 13.2. The van der Waals surface area contributed by atoms with Crippen LogP contribution in [0.5, 0.6) is 11.5 Å². The number of rotatable bonds is 5. The first-order valence-electron chi connectivity index (χ1n) is 7.31. The molecular weight excluding hydrogens is 298 g/mol. The lowest BCUT2D eigenvalue weighted by atomic mass is 10.2. The molecule has 1 N–H and O–H groups in total. The van der Waals surface area contributed by atoms with Crippen molar-refractivity contribution in [1.29, 1.82) is 0 Å². The number of methoxy groups -OCH3 is 2. The Hall–Kier alpha value is -2.61. The molecular formula is C15H19N5O3. The standard InChI is InChI=1S/C15H19N5O3/c1-21-11-3-4-13(22-2)12(9-11)17-15-18-14(10-16-19-15)20-5-7-23-8-6-20/h3-4,9-10H,5-8H2,1-2H3,(H,17,18,19). The summed E-state index contributed by atoms with van der Waals surface area (Å²) in [6.45, 7) is 2.97. The van der Waals surface area contributed by atoms with E-state index in [1.54, 1.807) is 20.4 Å². The maximum absolute atomic E-state index is 5.35. The van der Waals surface area contributed by atoms with Crippen LogP contribution in [-0.4, -0.2) is 55.7 Å². The first-order valence-corrected chi connectivity index (χ1v) is 7.31. The number of hydrogen-bond donors (Lipinski definition) is 1. The monoisotopic (exact) mass is 317 g/mol. The number of ether oxygens (including phenoxy) is 3. The van der Waals surface area contributed by atoms with E-state index >= 15 is 0 Å². The highest BCUT2D eigenvalue weighted by Gasteiger charge is 2.14. The number of anilines is 3. The zero-order valence-electron chi connectivity index (χ0n) is 13.2. The fourth-order valence-corrected chi connectivity index (χ4v) is 2.32. The Morgan fingerprint density at radius 3 is 2.74 bits per heavy atom. The molecule has 1 aliphatic heterocycles. The molecule has 23 heavy (non-hydrogen) atoms. The van der Waals surface area contributed by atoms with Gasteiger partial charge < -0.3 is 24.4 Å². The third kappa shape index (κ3) is 3.59. The molecule has 0 radical (unpaired) electrons. The molecule has 2 heterocycles. The summed E-state index contributed by atoms with van der Waals surface area (Å²) in [7, 11) is 3.22. The maximum Gasteiger partial charge on any atom is 0.249 e. The van der Waals surface area contributed by atoms with Gasteiger partial charge in [0.15, 0.2) is 5.82 Å². The van der Waals surface area contributed by atoms with Crippen molar-refractivity contribution in [2.45, 2.75) is 0 Å². The molecule has 0 amide bonds. The Balaban J connectivity index is 1.82. The van der Waals surface area contributed by atoms with Crippen LogP contribution in [0.1, 0.15) is 0 Å². The van der Waals surface area contributed by atoms with Gasteiger partial charge in [0.2, 0.25) is 5.95 Å². The normalized spacial score (nSPS) is 14.4. The third-order valence-corrected chi connectivity index (χ3v) is 3.53. The largest absolute Gasteiger partial charge is 0.497 e. The zero-order chi connectivity index (χ0) is 16.1. The summed E-state index contributed by atoms with van der Waals surface area (Å²) >= 11 is 0. The number of hydrogen-bond acceptors (Lipinski definition) is 8. The van der Waals surface area contributed by atoms with Crippen molar-refractivity contribution >= 4 is 17.5 Å². The van der Waals surface area contributed by atoms with Gasteiger partial charge in [-0.25, -0.2) is 0 Å². The molecule has 3 rings (SSSR count). The quantitative estimate of drug-likeness (QED) is 0.888. The van der Waals surface area contributed by atoms with E-state index < -0.39 is 0 Å². The molecule has 1 aromatic carbocycles. The van der Waals surface area contributed by atoms with E-state index in [9.17, 15) is 0 Å². The second-order valence-corrected chi connectivity index (χ2v) is 4.93. The van der Waals surface area contributed by atoms with Crippen molar-refractivity contribution in [2.75, 3.05) is 50.7 Å². The summed E-state index contributed by atoms with van der Waals surface area (Å²) in [6, 6.07) is 5.47. The first kappa shape index (κ1) is 15.3. The van der Waals surface area contributed by atoms with Crippen molar-refractivity contribution in [1.82, 2.24) is 15.2 Å². The topological polar surface area (TPSA) is 81.6 Å². The van der Waals surface area contributed by atoms with Gasteiger partial charge in [-0.3, -0.25) is 0 Å². The van der Waals surface area contributed by atoms with E-state index in [2.05, 4.69) is 25.4 Å². The van der Waals surface area contributed by atoms with Crippen LogP contribution in [0, 0.1) is 0 Å². The lowest BCUT2D eigenvalue weighted by molar-refractivity contribution is 0.122. The minimum atomic E-state index is 0.403. The van der Waals surface area contributed by atoms with Gasteiger partial charge in [-0.05, 0) is 12.1 Å². The molecule has 8 nitrogen and oxygen atoms in total. The van der Waals surface area contributed by atoms with E-state index in [1.807, 2.05) is 18.2 Å². The molecule has 0 aliphatic carbocycles. The Bertz CT molecular complexity index is 661. The lowest BCUT2D eigenvalue weighted by Crippen LogP contribution is -2.37. The molecule has 122 valence electrons. The van der Waals surface area contributed by atoms with Gasteiger partial charge in [0.1, 0.15) is 11.5 Å². The van der Waals surface area contributed by atoms with Crippen LogP contribution in [0.15, 0.2) is 24.4 Å². The van der Waals surface area contributed by atoms with Crippen LogP contribution < -0.4 is 19.7 Å². The van der Waals surface area contributed by atoms with E-state index in [1.165, 1.54) is 0 Å². The predicted octanol–water partition coefficient (Wildman–Crippen LogP) is 1.47. The average Bonchev–Trinajstić information content (AvgIpc) is 2.62. The molecule has 1 aliphatic rings. The minimum Gasteiger partial charge on any atom is -0.497 e. The fraction of sp³-hybridized carbons (Fsp3) is 0.400. The third-order valence-electron chi connectivity index (χ3n) is 3.53. The SMILES string of the molecule is COc1ccc(OC)c(Nc2nncc(N3CCOCC3)n2)c1. The smallest absolute Gasteiger partial charge is 0.249 e. The summed E-state index contributed by atoms with van der Waals surface area (Å²) in [6.07, 6.45) is 1.65. The summed E-state index contributed by atoms with van der Waals surface area (Å²) < 4.78 is 15.9. The van der Waals surface area contributed by atoms with Gasteiger partial charge in [-0.2, -0.15) is 10.1 Å².